The Morgan fingerprint density at radius 1 is 1.23 bits per heavy atom. The van der Waals surface area contributed by atoms with Crippen LogP contribution in [0.1, 0.15) is 34.4 Å². The van der Waals surface area contributed by atoms with Crippen LogP contribution in [0.2, 0.25) is 0 Å². The van der Waals surface area contributed by atoms with E-state index in [4.69, 9.17) is 14.2 Å². The van der Waals surface area contributed by atoms with E-state index < -0.39 is 0 Å². The van der Waals surface area contributed by atoms with Gasteiger partial charge < -0.3 is 24.8 Å². The van der Waals surface area contributed by atoms with Crippen molar-refractivity contribution in [1.29, 1.82) is 0 Å². The van der Waals surface area contributed by atoms with Gasteiger partial charge in [-0.2, -0.15) is 0 Å². The number of methoxy groups -OCH3 is 1. The molecule has 0 amide bonds. The largest absolute Gasteiger partial charge is 0.496 e. The summed E-state index contributed by atoms with van der Waals surface area (Å²) in [6.45, 7) is 8.66. The van der Waals surface area contributed by atoms with Gasteiger partial charge in [0.15, 0.2) is 5.96 Å². The number of benzene rings is 1. The Labute approximate surface area is 202 Å². The highest BCUT2D eigenvalue weighted by Crippen LogP contribution is 2.25. The third-order valence-electron chi connectivity index (χ3n) is 5.25. The fourth-order valence-electron chi connectivity index (χ4n) is 3.52. The second kappa shape index (κ2) is 12.1. The normalized spacial score (nSPS) is 15.9. The fourth-order valence-corrected chi connectivity index (χ4v) is 3.52. The van der Waals surface area contributed by atoms with Crippen molar-refractivity contribution in [3.8, 4) is 11.5 Å². The molecule has 1 saturated heterocycles. The second-order valence-electron chi connectivity index (χ2n) is 7.54. The van der Waals surface area contributed by atoms with Gasteiger partial charge in [0.25, 0.3) is 0 Å². The Morgan fingerprint density at radius 2 is 2.00 bits per heavy atom. The van der Waals surface area contributed by atoms with Crippen LogP contribution in [0.15, 0.2) is 29.4 Å². The number of aromatic nitrogens is 1. The van der Waals surface area contributed by atoms with Crippen LogP contribution in [-0.4, -0.2) is 44.4 Å². The number of hydrogen-bond donors (Lipinski definition) is 2. The van der Waals surface area contributed by atoms with Crippen LogP contribution in [0.25, 0.3) is 0 Å². The molecule has 0 bridgehead atoms. The van der Waals surface area contributed by atoms with E-state index in [0.717, 1.165) is 46.9 Å². The highest BCUT2D eigenvalue weighted by Gasteiger charge is 2.19. The molecule has 1 aromatic carbocycles. The van der Waals surface area contributed by atoms with Crippen LogP contribution in [0.3, 0.4) is 0 Å². The van der Waals surface area contributed by atoms with Gasteiger partial charge in [0, 0.05) is 42.9 Å². The molecular formula is C23H33IN4O3. The van der Waals surface area contributed by atoms with Crippen molar-refractivity contribution >= 4 is 29.9 Å². The number of aliphatic imine (C=N–C) groups is 1. The number of nitrogens with zero attached hydrogens (tertiary/aromatic N) is 2. The molecule has 0 spiro atoms. The Morgan fingerprint density at radius 3 is 2.68 bits per heavy atom. The van der Waals surface area contributed by atoms with Crippen molar-refractivity contribution in [3.05, 3.63) is 52.3 Å². The van der Waals surface area contributed by atoms with Crippen LogP contribution >= 0.6 is 24.0 Å². The van der Waals surface area contributed by atoms with Crippen molar-refractivity contribution in [1.82, 2.24) is 15.6 Å². The topological polar surface area (TPSA) is 77.0 Å². The van der Waals surface area contributed by atoms with E-state index in [1.54, 1.807) is 14.2 Å². The number of guanidine groups is 1. The smallest absolute Gasteiger partial charge is 0.191 e. The number of ether oxygens (including phenoxy) is 3. The van der Waals surface area contributed by atoms with Gasteiger partial charge >= 0.3 is 0 Å². The zero-order chi connectivity index (χ0) is 21.5. The predicted octanol–water partition coefficient (Wildman–Crippen LogP) is 3.67. The zero-order valence-electron chi connectivity index (χ0n) is 18.9. The van der Waals surface area contributed by atoms with Crippen LogP contribution in [0, 0.1) is 20.8 Å². The Balaban J connectivity index is 0.00000341. The minimum Gasteiger partial charge on any atom is -0.496 e. The summed E-state index contributed by atoms with van der Waals surface area (Å²) in [4.78, 5) is 8.87. The van der Waals surface area contributed by atoms with Crippen molar-refractivity contribution in [3.63, 3.8) is 0 Å². The van der Waals surface area contributed by atoms with Crippen LogP contribution in [0.5, 0.6) is 11.5 Å². The number of aryl methyl sites for hydroxylation is 2. The number of pyridine rings is 1. The molecule has 7 nitrogen and oxygen atoms in total. The standard InChI is InChI=1S/C23H32N4O3.HI/c1-15-6-7-18(21(10-15)30-19-8-9-29-14-19)12-26-23(24-4)27-13-20-17(3)22(28-5)16(2)11-25-20;/h6-7,10-11,19H,8-9,12-14H2,1-5H3,(H2,24,26,27);1H. The SMILES string of the molecule is CN=C(NCc1ccc(C)cc1OC1CCOC1)NCc1ncc(C)c(OC)c1C.I. The number of hydrogen-bond acceptors (Lipinski definition) is 5. The van der Waals surface area contributed by atoms with E-state index in [2.05, 4.69) is 45.7 Å². The maximum Gasteiger partial charge on any atom is 0.191 e. The first-order valence-corrected chi connectivity index (χ1v) is 10.3. The number of halogens is 1. The van der Waals surface area contributed by atoms with E-state index in [-0.39, 0.29) is 30.1 Å². The predicted molar refractivity (Wildman–Crippen MR) is 134 cm³/mol. The molecule has 2 N–H and O–H groups in total. The Bertz CT molecular complexity index is 899. The summed E-state index contributed by atoms with van der Waals surface area (Å²) < 4.78 is 17.1. The van der Waals surface area contributed by atoms with E-state index in [1.165, 1.54) is 5.56 Å². The molecule has 8 heteroatoms. The molecule has 1 aliphatic heterocycles. The number of nitrogens with one attached hydrogen (secondary N) is 2. The minimum absolute atomic E-state index is 0. The number of rotatable bonds is 7. The molecule has 1 aromatic heterocycles. The Kier molecular flexibility index (Phi) is 9.83. The summed E-state index contributed by atoms with van der Waals surface area (Å²) >= 11 is 0. The second-order valence-corrected chi connectivity index (χ2v) is 7.54. The quantitative estimate of drug-likeness (QED) is 0.317. The van der Waals surface area contributed by atoms with Crippen molar-refractivity contribution in [2.24, 2.45) is 4.99 Å². The zero-order valence-corrected chi connectivity index (χ0v) is 21.3. The molecule has 2 heterocycles. The fraction of sp³-hybridized carbons (Fsp3) is 0.478. The van der Waals surface area contributed by atoms with Gasteiger partial charge in [-0.05, 0) is 32.4 Å². The molecule has 0 aliphatic carbocycles. The molecule has 1 unspecified atom stereocenters. The first kappa shape index (κ1) is 25.2. The van der Waals surface area contributed by atoms with Crippen LogP contribution in [-0.2, 0) is 17.8 Å². The lowest BCUT2D eigenvalue weighted by molar-refractivity contribution is 0.140. The molecule has 31 heavy (non-hydrogen) atoms. The average Bonchev–Trinajstić information content (AvgIpc) is 3.24. The summed E-state index contributed by atoms with van der Waals surface area (Å²) in [5.41, 5.74) is 5.25. The lowest BCUT2D eigenvalue weighted by Gasteiger charge is -2.18. The molecule has 2 aromatic rings. The molecule has 0 radical (unpaired) electrons. The van der Waals surface area contributed by atoms with E-state index in [0.29, 0.717) is 25.7 Å². The summed E-state index contributed by atoms with van der Waals surface area (Å²) in [7, 11) is 3.44. The lowest BCUT2D eigenvalue weighted by Crippen LogP contribution is -2.36. The van der Waals surface area contributed by atoms with Crippen molar-refractivity contribution < 1.29 is 14.2 Å². The van der Waals surface area contributed by atoms with Crippen LogP contribution < -0.4 is 20.1 Å². The van der Waals surface area contributed by atoms with E-state index >= 15 is 0 Å². The van der Waals surface area contributed by atoms with Gasteiger partial charge in [0.2, 0.25) is 0 Å². The van der Waals surface area contributed by atoms with Crippen molar-refractivity contribution in [2.45, 2.75) is 46.4 Å². The summed E-state index contributed by atoms with van der Waals surface area (Å²) in [6.07, 6.45) is 2.88. The van der Waals surface area contributed by atoms with Gasteiger partial charge in [-0.3, -0.25) is 9.98 Å². The summed E-state index contributed by atoms with van der Waals surface area (Å²) in [5, 5.41) is 6.70. The lowest BCUT2D eigenvalue weighted by atomic mass is 10.1. The first-order chi connectivity index (χ1) is 14.5. The summed E-state index contributed by atoms with van der Waals surface area (Å²) in [6, 6.07) is 6.27. The average molecular weight is 540 g/mol. The molecule has 170 valence electrons. The molecule has 1 atom stereocenters. The van der Waals surface area contributed by atoms with Gasteiger partial charge in [0.05, 0.1) is 32.6 Å². The molecule has 0 saturated carbocycles. The monoisotopic (exact) mass is 540 g/mol. The third-order valence-corrected chi connectivity index (χ3v) is 5.25. The first-order valence-electron chi connectivity index (χ1n) is 10.3. The molecule has 3 rings (SSSR count). The van der Waals surface area contributed by atoms with Crippen molar-refractivity contribution in [2.75, 3.05) is 27.4 Å². The van der Waals surface area contributed by atoms with Crippen LogP contribution in [0.4, 0.5) is 0 Å². The molecule has 1 aliphatic rings. The molecular weight excluding hydrogens is 507 g/mol. The van der Waals surface area contributed by atoms with E-state index in [1.807, 2.05) is 20.0 Å². The van der Waals surface area contributed by atoms with Gasteiger partial charge in [-0.25, -0.2) is 0 Å². The van der Waals surface area contributed by atoms with E-state index in [9.17, 15) is 0 Å². The Hall–Kier alpha value is -2.07. The highest BCUT2D eigenvalue weighted by atomic mass is 127. The molecule has 1 fully saturated rings. The summed E-state index contributed by atoms with van der Waals surface area (Å²) in [5.74, 6) is 2.47. The van der Waals surface area contributed by atoms with Gasteiger partial charge in [-0.1, -0.05) is 12.1 Å². The maximum absolute atomic E-state index is 6.19. The maximum atomic E-state index is 6.19. The van der Waals surface area contributed by atoms with Gasteiger partial charge in [-0.15, -0.1) is 24.0 Å². The highest BCUT2D eigenvalue weighted by molar-refractivity contribution is 14.0. The third kappa shape index (κ3) is 6.70. The van der Waals surface area contributed by atoms with Gasteiger partial charge in [0.1, 0.15) is 17.6 Å². The minimum atomic E-state index is 0.